The Morgan fingerprint density at radius 3 is 1.46 bits per heavy atom. The van der Waals surface area contributed by atoms with Gasteiger partial charge in [0.2, 0.25) is 22.8 Å². The Morgan fingerprint density at radius 1 is 0.518 bits per heavy atom. The topological polar surface area (TPSA) is 122 Å². The van der Waals surface area contributed by atoms with Gasteiger partial charge in [-0.3, -0.25) is 0 Å². The van der Waals surface area contributed by atoms with Crippen molar-refractivity contribution in [1.29, 1.82) is 0 Å². The van der Waals surface area contributed by atoms with E-state index in [-0.39, 0.29) is 11.2 Å². The monoisotopic (exact) mass is 758 g/mol. The molecule has 278 valence electrons. The Morgan fingerprint density at radius 2 is 0.964 bits per heavy atom. The first-order valence-electron chi connectivity index (χ1n) is 18.1. The van der Waals surface area contributed by atoms with Crippen molar-refractivity contribution >= 4 is 17.5 Å². The lowest BCUT2D eigenvalue weighted by Crippen LogP contribution is -2.68. The summed E-state index contributed by atoms with van der Waals surface area (Å²) in [5, 5.41) is 14.5. The summed E-state index contributed by atoms with van der Waals surface area (Å²) in [6.07, 6.45) is 4.15. The number of para-hydroxylation sites is 1. The first-order valence-corrected chi connectivity index (χ1v) is 19.3. The zero-order chi connectivity index (χ0) is 39.5. The largest absolute Gasteiger partial charge is 0.872 e. The van der Waals surface area contributed by atoms with Crippen LogP contribution < -0.4 is 28.3 Å². The number of benzene rings is 6. The van der Waals surface area contributed by atoms with Crippen molar-refractivity contribution in [2.24, 2.45) is 0 Å². The Hall–Kier alpha value is -6.19. The molecule has 0 bridgehead atoms. The van der Waals surface area contributed by atoms with E-state index in [0.29, 0.717) is 11.1 Å². The van der Waals surface area contributed by atoms with Gasteiger partial charge in [0.1, 0.15) is 7.05 Å². The van der Waals surface area contributed by atoms with Crippen LogP contribution in [-0.4, -0.2) is 17.3 Å². The van der Waals surface area contributed by atoms with E-state index in [0.717, 1.165) is 50.6 Å². The summed E-state index contributed by atoms with van der Waals surface area (Å²) in [5.41, 5.74) is 13.0. The summed E-state index contributed by atoms with van der Waals surface area (Å²) in [7, 11) is -2.83. The Balaban J connectivity index is 0.000000905. The molecule has 0 N–H and O–H groups in total. The zero-order valence-electron chi connectivity index (χ0n) is 31.1. The summed E-state index contributed by atoms with van der Waals surface area (Å²) in [4.78, 5) is 0. The molecule has 56 heavy (non-hydrogen) atoms. The number of rotatable bonds is 7. The lowest BCUT2D eigenvalue weighted by atomic mass is 9.81. The molecular formula is C48H39ClN2O5. The highest BCUT2D eigenvalue weighted by atomic mass is 35.7. The number of pyridine rings is 1. The molecule has 8 heteroatoms. The van der Waals surface area contributed by atoms with Crippen LogP contribution in [0.15, 0.2) is 176 Å². The van der Waals surface area contributed by atoms with Gasteiger partial charge in [-0.2, -0.15) is 9.14 Å². The molecule has 1 aliphatic heterocycles. The van der Waals surface area contributed by atoms with Crippen LogP contribution in [0.25, 0.3) is 56.5 Å². The SMILES string of the molecule is C[N+]1=C(/C=C\c2cc(-[n+]3c(-c4ccccc4)cc(-c4ccccc4)cc3-c3ccccc3)cc(-c3ccccc3)c2[O-])C(C)(C)c2ccccc21.[O-][Cl+3]([O-])([O-])[O-]. The van der Waals surface area contributed by atoms with Gasteiger partial charge in [0.15, 0.2) is 5.71 Å². The van der Waals surface area contributed by atoms with E-state index in [1.807, 2.05) is 48.5 Å². The molecule has 8 rings (SSSR count). The van der Waals surface area contributed by atoms with Gasteiger partial charge in [0, 0.05) is 53.1 Å². The third-order valence-electron chi connectivity index (χ3n) is 10.1. The maximum absolute atomic E-state index is 14.5. The highest BCUT2D eigenvalue weighted by Crippen LogP contribution is 2.40. The third kappa shape index (κ3) is 8.09. The van der Waals surface area contributed by atoms with Crippen LogP contribution in [0.1, 0.15) is 25.0 Å². The van der Waals surface area contributed by atoms with Gasteiger partial charge >= 0.3 is 0 Å². The zero-order valence-corrected chi connectivity index (χ0v) is 31.9. The van der Waals surface area contributed by atoms with Crippen LogP contribution in [-0.2, 0) is 5.41 Å². The summed E-state index contributed by atoms with van der Waals surface area (Å²) in [6.45, 7) is 4.50. The second-order valence-electron chi connectivity index (χ2n) is 14.0. The second kappa shape index (κ2) is 15.9. The number of fused-ring (bicyclic) bond motifs is 1. The van der Waals surface area contributed by atoms with E-state index in [2.05, 4.69) is 164 Å². The molecule has 0 saturated carbocycles. The molecule has 0 aliphatic carbocycles. The van der Waals surface area contributed by atoms with Crippen LogP contribution >= 0.6 is 0 Å². The number of hydrogen-bond acceptors (Lipinski definition) is 5. The Bertz CT molecular complexity index is 2480. The van der Waals surface area contributed by atoms with E-state index in [1.165, 1.54) is 11.3 Å². The summed E-state index contributed by atoms with van der Waals surface area (Å²) in [6, 6.07) is 58.8. The van der Waals surface area contributed by atoms with Gasteiger partial charge in [-0.05, 0) is 72.0 Å². The summed E-state index contributed by atoms with van der Waals surface area (Å²) >= 11 is 0. The molecule has 6 aromatic carbocycles. The van der Waals surface area contributed by atoms with Crippen LogP contribution in [0.2, 0.25) is 0 Å². The molecule has 7 aromatic rings. The molecule has 7 nitrogen and oxygen atoms in total. The minimum atomic E-state index is -4.94. The van der Waals surface area contributed by atoms with Crippen molar-refractivity contribution in [1.82, 2.24) is 0 Å². The molecule has 0 atom stereocenters. The molecule has 0 spiro atoms. The molecule has 0 fully saturated rings. The van der Waals surface area contributed by atoms with E-state index < -0.39 is 10.2 Å². The van der Waals surface area contributed by atoms with Crippen molar-refractivity contribution in [2.45, 2.75) is 19.3 Å². The average molecular weight is 759 g/mol. The lowest BCUT2D eigenvalue weighted by Gasteiger charge is -2.20. The van der Waals surface area contributed by atoms with Crippen LogP contribution in [0.4, 0.5) is 5.69 Å². The second-order valence-corrected chi connectivity index (χ2v) is 14.8. The van der Waals surface area contributed by atoms with Crippen LogP contribution in [0.5, 0.6) is 5.75 Å². The molecular weight excluding hydrogens is 720 g/mol. The van der Waals surface area contributed by atoms with E-state index in [1.54, 1.807) is 0 Å². The van der Waals surface area contributed by atoms with Crippen molar-refractivity contribution < 1.29 is 43.1 Å². The first kappa shape index (κ1) is 38.1. The quantitative estimate of drug-likeness (QED) is 0.194. The van der Waals surface area contributed by atoms with Gasteiger partial charge in [-0.25, -0.2) is 18.6 Å². The van der Waals surface area contributed by atoms with Gasteiger partial charge in [0.05, 0.1) is 5.41 Å². The van der Waals surface area contributed by atoms with E-state index in [4.69, 9.17) is 18.6 Å². The molecule has 0 unspecified atom stereocenters. The minimum Gasteiger partial charge on any atom is -0.872 e. The smallest absolute Gasteiger partial charge is 0.219 e. The first-order chi connectivity index (χ1) is 26.9. The fraction of sp³-hybridized carbons (Fsp3) is 0.0833. The average Bonchev–Trinajstić information content (AvgIpc) is 3.41. The van der Waals surface area contributed by atoms with Crippen molar-refractivity contribution in [3.63, 3.8) is 0 Å². The normalized spacial score (nSPS) is 13.3. The van der Waals surface area contributed by atoms with Crippen LogP contribution in [0.3, 0.4) is 0 Å². The number of halogens is 1. The predicted octanol–water partition coefficient (Wildman–Crippen LogP) is 5.67. The fourth-order valence-corrected chi connectivity index (χ4v) is 7.50. The number of allylic oxidation sites excluding steroid dienone is 1. The molecule has 1 aromatic heterocycles. The number of nitrogens with zero attached hydrogens (tertiary/aromatic N) is 2. The highest BCUT2D eigenvalue weighted by Gasteiger charge is 2.42. The third-order valence-corrected chi connectivity index (χ3v) is 10.1. The minimum absolute atomic E-state index is 0.00167. The fourth-order valence-electron chi connectivity index (χ4n) is 7.50. The van der Waals surface area contributed by atoms with E-state index in [9.17, 15) is 5.11 Å². The molecule has 1 aliphatic rings. The Labute approximate surface area is 329 Å². The standard InChI is InChI=1S/C48H39N2O.ClHO4/c1-48(2)42-26-16-17-27-43(42)49(3)46(48)29-28-38-30-40(33-41(47(38)51)35-20-10-5-11-21-35)50-44(36-22-12-6-13-23-36)31-39(34-18-8-4-9-19-34)32-45(50)37-24-14-7-15-25-37;2-1(3,4)5/h4-33H,1-3H3;(H,2,3,4,5)/q+1;/p-1. The van der Waals surface area contributed by atoms with Crippen molar-refractivity contribution in [2.75, 3.05) is 7.05 Å². The van der Waals surface area contributed by atoms with Crippen LogP contribution in [0, 0.1) is 10.2 Å². The highest BCUT2D eigenvalue weighted by molar-refractivity contribution is 6.05. The van der Waals surface area contributed by atoms with Gasteiger partial charge in [-0.1, -0.05) is 121 Å². The molecule has 0 amide bonds. The van der Waals surface area contributed by atoms with Crippen molar-refractivity contribution in [3.05, 3.63) is 187 Å². The number of hydrogen-bond donors (Lipinski definition) is 0. The van der Waals surface area contributed by atoms with E-state index >= 15 is 0 Å². The maximum atomic E-state index is 14.5. The maximum Gasteiger partial charge on any atom is 0.219 e. The summed E-state index contributed by atoms with van der Waals surface area (Å²) in [5.74, 6) is 0.00167. The lowest BCUT2D eigenvalue weighted by molar-refractivity contribution is -2.00. The van der Waals surface area contributed by atoms with Gasteiger partial charge in [0.25, 0.3) is 0 Å². The molecule has 0 radical (unpaired) electrons. The summed E-state index contributed by atoms with van der Waals surface area (Å²) < 4.78 is 38.5. The molecule has 0 saturated heterocycles. The van der Waals surface area contributed by atoms with Crippen molar-refractivity contribution in [3.8, 4) is 56.2 Å². The van der Waals surface area contributed by atoms with Gasteiger partial charge < -0.3 is 5.11 Å². The molecule has 2 heterocycles. The Kier molecular flexibility index (Phi) is 10.8. The van der Waals surface area contributed by atoms with Gasteiger partial charge in [-0.15, -0.1) is 10.2 Å². The number of aromatic nitrogens is 1. The predicted molar refractivity (Wildman–Crippen MR) is 209 cm³/mol.